The molecule has 0 spiro atoms. The third-order valence-corrected chi connectivity index (χ3v) is 4.63. The number of nitrogens with two attached hydrogens (primary N) is 1. The number of ketones is 2. The minimum atomic E-state index is -1.03. The van der Waals surface area contributed by atoms with E-state index in [1.54, 1.807) is 55.5 Å². The molecule has 0 aromatic heterocycles. The van der Waals surface area contributed by atoms with Crippen molar-refractivity contribution in [2.24, 2.45) is 11.7 Å². The molecule has 0 fully saturated rings. The van der Waals surface area contributed by atoms with Gasteiger partial charge in [-0.3, -0.25) is 14.4 Å². The van der Waals surface area contributed by atoms with Crippen molar-refractivity contribution in [3.05, 3.63) is 71.3 Å². The number of amides is 1. The van der Waals surface area contributed by atoms with Crippen molar-refractivity contribution in [3.63, 3.8) is 0 Å². The predicted molar refractivity (Wildman–Crippen MR) is 86.2 cm³/mol. The highest BCUT2D eigenvalue weighted by molar-refractivity contribution is 6.18. The van der Waals surface area contributed by atoms with Gasteiger partial charge < -0.3 is 5.73 Å². The van der Waals surface area contributed by atoms with Crippen LogP contribution in [0.15, 0.2) is 54.6 Å². The first-order valence-corrected chi connectivity index (χ1v) is 7.48. The van der Waals surface area contributed by atoms with Crippen LogP contribution in [0.3, 0.4) is 0 Å². The van der Waals surface area contributed by atoms with Gasteiger partial charge in [0.2, 0.25) is 5.91 Å². The van der Waals surface area contributed by atoms with Gasteiger partial charge in [0, 0.05) is 11.1 Å². The summed E-state index contributed by atoms with van der Waals surface area (Å²) in [6.07, 6.45) is 0.103. The summed E-state index contributed by atoms with van der Waals surface area (Å²) in [6.45, 7) is 1.70. The molecule has 0 heterocycles. The summed E-state index contributed by atoms with van der Waals surface area (Å²) in [5.74, 6) is -1.92. The summed E-state index contributed by atoms with van der Waals surface area (Å²) in [5, 5.41) is 0. The van der Waals surface area contributed by atoms with E-state index in [2.05, 4.69) is 0 Å². The van der Waals surface area contributed by atoms with E-state index < -0.39 is 17.2 Å². The molecule has 1 aliphatic carbocycles. The van der Waals surface area contributed by atoms with Crippen molar-refractivity contribution in [1.29, 1.82) is 0 Å². The molecular weight excluding hydrogens is 290 g/mol. The van der Waals surface area contributed by atoms with Crippen molar-refractivity contribution in [1.82, 2.24) is 0 Å². The minimum Gasteiger partial charge on any atom is -0.369 e. The molecule has 0 radical (unpaired) electrons. The smallest absolute Gasteiger partial charge is 0.227 e. The lowest BCUT2D eigenvalue weighted by molar-refractivity contribution is -0.123. The van der Waals surface area contributed by atoms with Gasteiger partial charge in [-0.1, -0.05) is 54.6 Å². The summed E-state index contributed by atoms with van der Waals surface area (Å²) in [4.78, 5) is 37.6. The van der Waals surface area contributed by atoms with Crippen LogP contribution in [0.5, 0.6) is 0 Å². The standard InChI is InChI=1S/C19H17NO3/c1-19(18(20)23)11-14(16(21)12-7-3-2-4-8-12)17(22)13-9-5-6-10-15(13)19/h2-10,14H,11H2,1H3,(H2,20,23). The van der Waals surface area contributed by atoms with E-state index in [0.717, 1.165) is 0 Å². The molecule has 1 aliphatic rings. The van der Waals surface area contributed by atoms with Gasteiger partial charge in [0.1, 0.15) is 0 Å². The van der Waals surface area contributed by atoms with E-state index in [0.29, 0.717) is 16.7 Å². The summed E-state index contributed by atoms with van der Waals surface area (Å²) in [6, 6.07) is 15.6. The number of carbonyl (C=O) groups excluding carboxylic acids is 3. The second-order valence-electron chi connectivity index (χ2n) is 6.09. The molecule has 3 rings (SSSR count). The highest BCUT2D eigenvalue weighted by Gasteiger charge is 2.47. The monoisotopic (exact) mass is 307 g/mol. The van der Waals surface area contributed by atoms with Crippen LogP contribution in [0.1, 0.15) is 39.6 Å². The molecule has 0 aliphatic heterocycles. The normalized spacial score (nSPS) is 23.2. The number of benzene rings is 2. The second-order valence-corrected chi connectivity index (χ2v) is 6.09. The Morgan fingerprint density at radius 1 is 1.04 bits per heavy atom. The van der Waals surface area contributed by atoms with E-state index >= 15 is 0 Å². The molecule has 2 N–H and O–H groups in total. The largest absolute Gasteiger partial charge is 0.369 e. The van der Waals surface area contributed by atoms with E-state index in [1.807, 2.05) is 6.07 Å². The van der Waals surface area contributed by atoms with Crippen molar-refractivity contribution in [2.45, 2.75) is 18.8 Å². The van der Waals surface area contributed by atoms with E-state index in [9.17, 15) is 14.4 Å². The van der Waals surface area contributed by atoms with Crippen molar-refractivity contribution in [3.8, 4) is 0 Å². The quantitative estimate of drug-likeness (QED) is 0.699. The number of Topliss-reactive ketones (excluding diaryl/α,β-unsaturated/α-hetero) is 2. The molecule has 4 heteroatoms. The van der Waals surface area contributed by atoms with Crippen molar-refractivity contribution < 1.29 is 14.4 Å². The van der Waals surface area contributed by atoms with Gasteiger partial charge in [0.05, 0.1) is 11.3 Å². The Kier molecular flexibility index (Phi) is 3.60. The Hall–Kier alpha value is -2.75. The molecule has 0 bridgehead atoms. The first-order valence-electron chi connectivity index (χ1n) is 7.48. The lowest BCUT2D eigenvalue weighted by Crippen LogP contribution is -2.47. The average Bonchev–Trinajstić information content (AvgIpc) is 2.58. The van der Waals surface area contributed by atoms with Crippen LogP contribution in [-0.4, -0.2) is 17.5 Å². The third kappa shape index (κ3) is 2.36. The molecule has 2 atom stereocenters. The SMILES string of the molecule is CC1(C(N)=O)CC(C(=O)c2ccccc2)C(=O)c2ccccc21. The van der Waals surface area contributed by atoms with E-state index in [-0.39, 0.29) is 18.0 Å². The Balaban J connectivity index is 2.10. The number of hydrogen-bond donors (Lipinski definition) is 1. The molecule has 4 nitrogen and oxygen atoms in total. The summed E-state index contributed by atoms with van der Waals surface area (Å²) >= 11 is 0. The molecular formula is C19H17NO3. The Morgan fingerprint density at radius 3 is 2.30 bits per heavy atom. The lowest BCUT2D eigenvalue weighted by atomic mass is 9.65. The summed E-state index contributed by atoms with van der Waals surface area (Å²) < 4.78 is 0. The number of carbonyl (C=O) groups is 3. The fourth-order valence-electron chi connectivity index (χ4n) is 3.23. The average molecular weight is 307 g/mol. The van der Waals surface area contributed by atoms with Crippen LogP contribution in [-0.2, 0) is 10.2 Å². The van der Waals surface area contributed by atoms with Crippen LogP contribution in [0.2, 0.25) is 0 Å². The Morgan fingerprint density at radius 2 is 1.65 bits per heavy atom. The molecule has 2 aromatic carbocycles. The Labute approximate surface area is 134 Å². The highest BCUT2D eigenvalue weighted by atomic mass is 16.2. The molecule has 116 valence electrons. The first kappa shape index (κ1) is 15.2. The molecule has 2 unspecified atom stereocenters. The van der Waals surface area contributed by atoms with Crippen LogP contribution in [0.25, 0.3) is 0 Å². The lowest BCUT2D eigenvalue weighted by Gasteiger charge is -2.36. The first-order chi connectivity index (χ1) is 10.9. The van der Waals surface area contributed by atoms with Crippen molar-refractivity contribution in [2.75, 3.05) is 0 Å². The number of hydrogen-bond acceptors (Lipinski definition) is 3. The van der Waals surface area contributed by atoms with Crippen LogP contribution < -0.4 is 5.73 Å². The van der Waals surface area contributed by atoms with E-state index in [1.165, 1.54) is 0 Å². The molecule has 23 heavy (non-hydrogen) atoms. The number of fused-ring (bicyclic) bond motifs is 1. The van der Waals surface area contributed by atoms with Gasteiger partial charge in [0.25, 0.3) is 0 Å². The van der Waals surface area contributed by atoms with Gasteiger partial charge in [-0.25, -0.2) is 0 Å². The van der Waals surface area contributed by atoms with Gasteiger partial charge in [-0.2, -0.15) is 0 Å². The minimum absolute atomic E-state index is 0.103. The zero-order valence-corrected chi connectivity index (χ0v) is 12.8. The van der Waals surface area contributed by atoms with E-state index in [4.69, 9.17) is 5.73 Å². The maximum atomic E-state index is 12.8. The van der Waals surface area contributed by atoms with Gasteiger partial charge >= 0.3 is 0 Å². The van der Waals surface area contributed by atoms with Crippen LogP contribution in [0, 0.1) is 5.92 Å². The molecule has 2 aromatic rings. The number of rotatable bonds is 3. The third-order valence-electron chi connectivity index (χ3n) is 4.63. The molecule has 1 amide bonds. The summed E-state index contributed by atoms with van der Waals surface area (Å²) in [5.41, 5.74) is 6.06. The highest BCUT2D eigenvalue weighted by Crippen LogP contribution is 2.40. The fraction of sp³-hybridized carbons (Fsp3) is 0.211. The zero-order chi connectivity index (χ0) is 16.6. The maximum absolute atomic E-state index is 12.8. The topological polar surface area (TPSA) is 77.2 Å². The molecule has 0 saturated carbocycles. The molecule has 0 saturated heterocycles. The van der Waals surface area contributed by atoms with Gasteiger partial charge in [0.15, 0.2) is 11.6 Å². The van der Waals surface area contributed by atoms with Gasteiger partial charge in [-0.15, -0.1) is 0 Å². The second kappa shape index (κ2) is 5.47. The zero-order valence-electron chi connectivity index (χ0n) is 12.8. The fourth-order valence-corrected chi connectivity index (χ4v) is 3.23. The van der Waals surface area contributed by atoms with Crippen LogP contribution >= 0.6 is 0 Å². The number of primary amides is 1. The summed E-state index contributed by atoms with van der Waals surface area (Å²) in [7, 11) is 0. The van der Waals surface area contributed by atoms with Gasteiger partial charge in [-0.05, 0) is 18.9 Å². The predicted octanol–water partition coefficient (Wildman–Crippen LogP) is 2.52. The Bertz CT molecular complexity index is 797. The maximum Gasteiger partial charge on any atom is 0.227 e. The van der Waals surface area contributed by atoms with Crippen LogP contribution in [0.4, 0.5) is 0 Å². The van der Waals surface area contributed by atoms with Crippen molar-refractivity contribution >= 4 is 17.5 Å².